The van der Waals surface area contributed by atoms with Gasteiger partial charge in [-0.2, -0.15) is 10.4 Å². The lowest BCUT2D eigenvalue weighted by Crippen LogP contribution is -2.33. The van der Waals surface area contributed by atoms with Gasteiger partial charge >= 0.3 is 0 Å². The highest BCUT2D eigenvalue weighted by atomic mass is 16.1. The molecule has 2 rings (SSSR count). The first-order valence-electron chi connectivity index (χ1n) is 6.69. The molecule has 1 heterocycles. The molecule has 0 saturated heterocycles. The Bertz CT molecular complexity index is 518. The van der Waals surface area contributed by atoms with E-state index in [2.05, 4.69) is 10.4 Å². The third-order valence-corrected chi connectivity index (χ3v) is 3.40. The molecule has 0 aliphatic heterocycles. The largest absolute Gasteiger partial charge is 0.349 e. The summed E-state index contributed by atoms with van der Waals surface area (Å²) < 4.78 is 1.75. The summed E-state index contributed by atoms with van der Waals surface area (Å²) in [5, 5.41) is 16.2. The average molecular weight is 258 g/mol. The van der Waals surface area contributed by atoms with E-state index in [9.17, 15) is 4.79 Å². The Labute approximate surface area is 112 Å². The third-order valence-electron chi connectivity index (χ3n) is 3.40. The van der Waals surface area contributed by atoms with Gasteiger partial charge < -0.3 is 5.32 Å². The number of carbonyl (C=O) groups is 1. The first kappa shape index (κ1) is 13.3. The number of hydrogen-bond donors (Lipinski definition) is 1. The summed E-state index contributed by atoms with van der Waals surface area (Å²) in [6.45, 7) is 2.68. The number of nitrogens with zero attached hydrogens (tertiary/aromatic N) is 3. The zero-order valence-electron chi connectivity index (χ0n) is 11.1. The molecule has 5 nitrogen and oxygen atoms in total. The van der Waals surface area contributed by atoms with E-state index < -0.39 is 0 Å². The van der Waals surface area contributed by atoms with Crippen LogP contribution < -0.4 is 5.32 Å². The lowest BCUT2D eigenvalue weighted by Gasteiger charge is -2.11. The zero-order chi connectivity index (χ0) is 13.7. The van der Waals surface area contributed by atoms with Crippen molar-refractivity contribution in [3.8, 4) is 6.07 Å². The van der Waals surface area contributed by atoms with Crippen LogP contribution in [-0.2, 0) is 11.3 Å². The Morgan fingerprint density at radius 3 is 3.00 bits per heavy atom. The SMILES string of the molecule is CCn1nccc1/C=C(\C#N)C(=O)NC1CCCC1. The molecule has 0 atom stereocenters. The van der Waals surface area contributed by atoms with Crippen molar-refractivity contribution in [1.29, 1.82) is 5.26 Å². The van der Waals surface area contributed by atoms with E-state index in [4.69, 9.17) is 5.26 Å². The second kappa shape index (κ2) is 6.19. The standard InChI is InChI=1S/C14H18N4O/c1-2-18-13(7-8-16-18)9-11(10-15)14(19)17-12-5-3-4-6-12/h7-9,12H,2-6H2,1H3,(H,17,19)/b11-9+. The molecule has 0 aromatic carbocycles. The van der Waals surface area contributed by atoms with Crippen molar-refractivity contribution in [3.05, 3.63) is 23.5 Å². The molecule has 0 unspecified atom stereocenters. The summed E-state index contributed by atoms with van der Waals surface area (Å²) in [5.74, 6) is -0.279. The minimum atomic E-state index is -0.279. The Morgan fingerprint density at radius 2 is 2.37 bits per heavy atom. The molecule has 1 aliphatic carbocycles. The number of hydrogen-bond acceptors (Lipinski definition) is 3. The topological polar surface area (TPSA) is 70.7 Å². The first-order chi connectivity index (χ1) is 9.24. The minimum absolute atomic E-state index is 0.141. The fourth-order valence-electron chi connectivity index (χ4n) is 2.36. The van der Waals surface area contributed by atoms with Gasteiger partial charge in [0.2, 0.25) is 0 Å². The van der Waals surface area contributed by atoms with Crippen LogP contribution in [-0.4, -0.2) is 21.7 Å². The molecule has 100 valence electrons. The fourth-order valence-corrected chi connectivity index (χ4v) is 2.36. The number of carbonyl (C=O) groups excluding carboxylic acids is 1. The van der Waals surface area contributed by atoms with Crippen LogP contribution in [0.2, 0.25) is 0 Å². The molecular formula is C14H18N4O. The quantitative estimate of drug-likeness (QED) is 0.662. The molecule has 0 bridgehead atoms. The number of amides is 1. The highest BCUT2D eigenvalue weighted by Gasteiger charge is 2.19. The summed E-state index contributed by atoms with van der Waals surface area (Å²) in [6, 6.07) is 3.99. The maximum atomic E-state index is 12.0. The molecule has 19 heavy (non-hydrogen) atoms. The van der Waals surface area contributed by atoms with Crippen LogP contribution in [0.3, 0.4) is 0 Å². The van der Waals surface area contributed by atoms with Gasteiger partial charge in [-0.25, -0.2) is 0 Å². The number of aryl methyl sites for hydroxylation is 1. The van der Waals surface area contributed by atoms with Gasteiger partial charge in [-0.1, -0.05) is 12.8 Å². The predicted octanol–water partition coefficient (Wildman–Crippen LogP) is 1.87. The molecule has 1 aromatic rings. The molecule has 0 spiro atoms. The van der Waals surface area contributed by atoms with E-state index in [1.165, 1.54) is 0 Å². The van der Waals surface area contributed by atoms with Crippen LogP contribution in [0, 0.1) is 11.3 Å². The lowest BCUT2D eigenvalue weighted by molar-refractivity contribution is -0.117. The fraction of sp³-hybridized carbons (Fsp3) is 0.500. The van der Waals surface area contributed by atoms with E-state index in [-0.39, 0.29) is 17.5 Å². The van der Waals surface area contributed by atoms with E-state index in [0.29, 0.717) is 6.54 Å². The van der Waals surface area contributed by atoms with Gasteiger partial charge in [-0.05, 0) is 31.9 Å². The second-order valence-corrected chi connectivity index (χ2v) is 4.70. The van der Waals surface area contributed by atoms with Gasteiger partial charge in [0, 0.05) is 18.8 Å². The van der Waals surface area contributed by atoms with Gasteiger partial charge in [-0.3, -0.25) is 9.48 Å². The molecular weight excluding hydrogens is 240 g/mol. The summed E-state index contributed by atoms with van der Waals surface area (Å²) in [4.78, 5) is 12.0. The van der Waals surface area contributed by atoms with Crippen LogP contribution in [0.4, 0.5) is 0 Å². The van der Waals surface area contributed by atoms with Crippen molar-refractivity contribution in [3.63, 3.8) is 0 Å². The summed E-state index contributed by atoms with van der Waals surface area (Å²) in [6.07, 6.45) is 7.59. The van der Waals surface area contributed by atoms with Crippen molar-refractivity contribution >= 4 is 12.0 Å². The van der Waals surface area contributed by atoms with Crippen molar-refractivity contribution < 1.29 is 4.79 Å². The maximum Gasteiger partial charge on any atom is 0.262 e. The van der Waals surface area contributed by atoms with E-state index in [0.717, 1.165) is 31.4 Å². The molecule has 1 fully saturated rings. The number of aromatic nitrogens is 2. The van der Waals surface area contributed by atoms with Gasteiger partial charge in [0.15, 0.2) is 0 Å². The highest BCUT2D eigenvalue weighted by molar-refractivity contribution is 6.01. The molecule has 5 heteroatoms. The Morgan fingerprint density at radius 1 is 1.63 bits per heavy atom. The van der Waals surface area contributed by atoms with Crippen LogP contribution in [0.25, 0.3) is 6.08 Å². The average Bonchev–Trinajstić information content (AvgIpc) is 3.06. The smallest absolute Gasteiger partial charge is 0.262 e. The van der Waals surface area contributed by atoms with Crippen molar-refractivity contribution in [2.45, 2.75) is 45.2 Å². The Hall–Kier alpha value is -2.09. The molecule has 1 amide bonds. The monoisotopic (exact) mass is 258 g/mol. The summed E-state index contributed by atoms with van der Waals surface area (Å²) in [7, 11) is 0. The van der Waals surface area contributed by atoms with Crippen molar-refractivity contribution in [1.82, 2.24) is 15.1 Å². The van der Waals surface area contributed by atoms with Crippen molar-refractivity contribution in [2.24, 2.45) is 0 Å². The van der Waals surface area contributed by atoms with Crippen LogP contribution in [0.15, 0.2) is 17.8 Å². The van der Waals surface area contributed by atoms with Gasteiger partial charge in [0.05, 0.1) is 5.69 Å². The molecule has 0 radical (unpaired) electrons. The Kier molecular flexibility index (Phi) is 4.35. The van der Waals surface area contributed by atoms with Gasteiger partial charge in [-0.15, -0.1) is 0 Å². The molecule has 1 aliphatic rings. The van der Waals surface area contributed by atoms with E-state index in [1.807, 2.05) is 13.0 Å². The molecule has 1 saturated carbocycles. The van der Waals surface area contributed by atoms with Crippen LogP contribution in [0.5, 0.6) is 0 Å². The summed E-state index contributed by atoms with van der Waals surface area (Å²) in [5.41, 5.74) is 0.919. The zero-order valence-corrected chi connectivity index (χ0v) is 11.1. The first-order valence-corrected chi connectivity index (χ1v) is 6.69. The normalized spacial score (nSPS) is 16.3. The summed E-state index contributed by atoms with van der Waals surface area (Å²) >= 11 is 0. The van der Waals surface area contributed by atoms with E-state index in [1.54, 1.807) is 23.0 Å². The second-order valence-electron chi connectivity index (χ2n) is 4.70. The predicted molar refractivity (Wildman–Crippen MR) is 71.9 cm³/mol. The van der Waals surface area contributed by atoms with Gasteiger partial charge in [0.1, 0.15) is 11.6 Å². The minimum Gasteiger partial charge on any atom is -0.349 e. The van der Waals surface area contributed by atoms with E-state index >= 15 is 0 Å². The van der Waals surface area contributed by atoms with Crippen molar-refractivity contribution in [2.75, 3.05) is 0 Å². The van der Waals surface area contributed by atoms with Crippen LogP contribution >= 0.6 is 0 Å². The third kappa shape index (κ3) is 3.22. The molecule has 1 N–H and O–H groups in total. The number of rotatable bonds is 4. The number of nitrogens with one attached hydrogen (secondary N) is 1. The molecule has 1 aromatic heterocycles. The number of nitriles is 1. The highest BCUT2D eigenvalue weighted by Crippen LogP contribution is 2.18. The van der Waals surface area contributed by atoms with Crippen LogP contribution in [0.1, 0.15) is 38.3 Å². The van der Waals surface area contributed by atoms with Gasteiger partial charge in [0.25, 0.3) is 5.91 Å². The maximum absolute atomic E-state index is 12.0. The lowest BCUT2D eigenvalue weighted by atomic mass is 10.2. The Balaban J connectivity index is 2.10.